The smallest absolute Gasteiger partial charge is 0.259 e. The van der Waals surface area contributed by atoms with Crippen LogP contribution in [-0.4, -0.2) is 29.3 Å². The second-order valence-corrected chi connectivity index (χ2v) is 5.38. The number of fused-ring (bicyclic) bond motifs is 1. The van der Waals surface area contributed by atoms with Crippen LogP contribution in [0.5, 0.6) is 11.5 Å². The molecule has 0 unspecified atom stereocenters. The number of ether oxygens (including phenoxy) is 2. The number of para-hydroxylation sites is 1. The number of pyridine rings is 1. The Hall–Kier alpha value is -3.41. The maximum absolute atomic E-state index is 5.44. The molecule has 0 aliphatic carbocycles. The molecule has 124 valence electrons. The van der Waals surface area contributed by atoms with Crippen molar-refractivity contribution in [2.24, 2.45) is 0 Å². The van der Waals surface area contributed by atoms with Gasteiger partial charge in [0, 0.05) is 11.6 Å². The minimum absolute atomic E-state index is 0.390. The van der Waals surface area contributed by atoms with Gasteiger partial charge in [0.05, 0.1) is 25.3 Å². The summed E-state index contributed by atoms with van der Waals surface area (Å²) in [5.74, 6) is 2.02. The molecule has 25 heavy (non-hydrogen) atoms. The Morgan fingerprint density at radius 1 is 0.920 bits per heavy atom. The zero-order chi connectivity index (χ0) is 17.2. The molecule has 0 amide bonds. The molecule has 2 aromatic carbocycles. The Labute approximate surface area is 144 Å². The van der Waals surface area contributed by atoms with Crippen LogP contribution in [0.15, 0.2) is 59.3 Å². The fraction of sp³-hybridized carbons (Fsp3) is 0.105. The average molecular weight is 333 g/mol. The molecular weight excluding hydrogens is 318 g/mol. The van der Waals surface area contributed by atoms with Crippen molar-refractivity contribution in [2.75, 3.05) is 14.2 Å². The van der Waals surface area contributed by atoms with Gasteiger partial charge in [-0.3, -0.25) is 4.98 Å². The van der Waals surface area contributed by atoms with Crippen LogP contribution in [0.2, 0.25) is 0 Å². The SMILES string of the molecule is COc1cccc(OC)c1-c1noc(-c2cnc3ccccc3c2)n1. The van der Waals surface area contributed by atoms with Gasteiger partial charge < -0.3 is 14.0 Å². The highest BCUT2D eigenvalue weighted by Gasteiger charge is 2.19. The number of methoxy groups -OCH3 is 2. The molecule has 0 bridgehead atoms. The van der Waals surface area contributed by atoms with Gasteiger partial charge in [-0.2, -0.15) is 4.98 Å². The molecule has 2 aromatic heterocycles. The van der Waals surface area contributed by atoms with Gasteiger partial charge in [-0.05, 0) is 24.3 Å². The van der Waals surface area contributed by atoms with Gasteiger partial charge >= 0.3 is 0 Å². The van der Waals surface area contributed by atoms with Crippen LogP contribution in [0.4, 0.5) is 0 Å². The zero-order valence-electron chi connectivity index (χ0n) is 13.8. The Balaban J connectivity index is 1.80. The molecule has 0 aliphatic rings. The molecule has 0 atom stereocenters. The molecule has 4 aromatic rings. The van der Waals surface area contributed by atoms with Crippen LogP contribution in [0.1, 0.15) is 0 Å². The minimum Gasteiger partial charge on any atom is -0.496 e. The summed E-state index contributed by atoms with van der Waals surface area (Å²) in [6.07, 6.45) is 1.72. The molecule has 0 saturated heterocycles. The number of benzene rings is 2. The van der Waals surface area contributed by atoms with Crippen molar-refractivity contribution in [3.8, 4) is 34.3 Å². The van der Waals surface area contributed by atoms with E-state index in [1.54, 1.807) is 20.4 Å². The van der Waals surface area contributed by atoms with Crippen molar-refractivity contribution >= 4 is 10.9 Å². The third-order valence-corrected chi connectivity index (χ3v) is 3.91. The summed E-state index contributed by atoms with van der Waals surface area (Å²) in [4.78, 5) is 8.93. The van der Waals surface area contributed by atoms with Crippen molar-refractivity contribution in [3.05, 3.63) is 54.7 Å². The van der Waals surface area contributed by atoms with E-state index in [1.165, 1.54) is 0 Å². The molecule has 6 nitrogen and oxygen atoms in total. The van der Waals surface area contributed by atoms with E-state index in [9.17, 15) is 0 Å². The minimum atomic E-state index is 0.390. The fourth-order valence-electron chi connectivity index (χ4n) is 2.70. The standard InChI is InChI=1S/C19H15N3O3/c1-23-15-8-5-9-16(24-2)17(15)18-21-19(25-22-18)13-10-12-6-3-4-7-14(12)20-11-13/h3-11H,1-2H3. The summed E-state index contributed by atoms with van der Waals surface area (Å²) in [6, 6.07) is 15.3. The molecule has 0 saturated carbocycles. The molecule has 0 spiro atoms. The van der Waals surface area contributed by atoms with Crippen molar-refractivity contribution in [1.29, 1.82) is 0 Å². The number of hydrogen-bond acceptors (Lipinski definition) is 6. The van der Waals surface area contributed by atoms with Crippen molar-refractivity contribution in [2.45, 2.75) is 0 Å². The van der Waals surface area contributed by atoms with Crippen molar-refractivity contribution in [1.82, 2.24) is 15.1 Å². The van der Waals surface area contributed by atoms with Crippen molar-refractivity contribution < 1.29 is 14.0 Å². The van der Waals surface area contributed by atoms with Crippen LogP contribution in [-0.2, 0) is 0 Å². The molecule has 0 fully saturated rings. The Morgan fingerprint density at radius 3 is 2.44 bits per heavy atom. The maximum atomic E-state index is 5.44. The van der Waals surface area contributed by atoms with Gasteiger partial charge in [-0.25, -0.2) is 0 Å². The normalized spacial score (nSPS) is 10.8. The summed E-state index contributed by atoms with van der Waals surface area (Å²) in [7, 11) is 3.18. The van der Waals surface area contributed by atoms with Crippen molar-refractivity contribution in [3.63, 3.8) is 0 Å². The summed E-state index contributed by atoms with van der Waals surface area (Å²) >= 11 is 0. The van der Waals surface area contributed by atoms with E-state index < -0.39 is 0 Å². The van der Waals surface area contributed by atoms with Crippen LogP contribution < -0.4 is 9.47 Å². The van der Waals surface area contributed by atoms with Gasteiger partial charge in [-0.1, -0.05) is 29.4 Å². The predicted molar refractivity (Wildman–Crippen MR) is 93.6 cm³/mol. The largest absolute Gasteiger partial charge is 0.496 e. The molecule has 0 radical (unpaired) electrons. The highest BCUT2D eigenvalue weighted by atomic mass is 16.5. The monoisotopic (exact) mass is 333 g/mol. The highest BCUT2D eigenvalue weighted by molar-refractivity contribution is 5.82. The van der Waals surface area contributed by atoms with E-state index in [-0.39, 0.29) is 0 Å². The summed E-state index contributed by atoms with van der Waals surface area (Å²) in [6.45, 7) is 0. The lowest BCUT2D eigenvalue weighted by molar-refractivity contribution is 0.394. The predicted octanol–water partition coefficient (Wildman–Crippen LogP) is 3.97. The molecule has 4 rings (SSSR count). The van der Waals surface area contributed by atoms with E-state index >= 15 is 0 Å². The Kier molecular flexibility index (Phi) is 3.78. The zero-order valence-corrected chi connectivity index (χ0v) is 13.8. The molecule has 0 aliphatic heterocycles. The van der Waals surface area contributed by atoms with E-state index in [0.717, 1.165) is 16.5 Å². The Bertz CT molecular complexity index is 1020. The topological polar surface area (TPSA) is 70.3 Å². The maximum Gasteiger partial charge on any atom is 0.259 e. The molecule has 2 heterocycles. The second kappa shape index (κ2) is 6.24. The van der Waals surface area contributed by atoms with Crippen LogP contribution in [0.3, 0.4) is 0 Å². The lowest BCUT2D eigenvalue weighted by Crippen LogP contribution is -1.94. The fourth-order valence-corrected chi connectivity index (χ4v) is 2.70. The van der Waals surface area contributed by atoms with Gasteiger partial charge in [0.15, 0.2) is 0 Å². The number of aromatic nitrogens is 3. The molecular formula is C19H15N3O3. The first kappa shape index (κ1) is 15.1. The first-order valence-electron chi connectivity index (χ1n) is 7.70. The van der Waals surface area contributed by atoms with E-state index in [4.69, 9.17) is 14.0 Å². The molecule has 6 heteroatoms. The van der Waals surface area contributed by atoms with E-state index in [1.807, 2.05) is 48.5 Å². The summed E-state index contributed by atoms with van der Waals surface area (Å²) < 4.78 is 16.2. The lowest BCUT2D eigenvalue weighted by atomic mass is 10.1. The highest BCUT2D eigenvalue weighted by Crippen LogP contribution is 2.37. The van der Waals surface area contributed by atoms with Gasteiger partial charge in [-0.15, -0.1) is 0 Å². The second-order valence-electron chi connectivity index (χ2n) is 5.38. The van der Waals surface area contributed by atoms with E-state index in [2.05, 4.69) is 15.1 Å². The average Bonchev–Trinajstić information content (AvgIpc) is 3.16. The quantitative estimate of drug-likeness (QED) is 0.563. The number of hydrogen-bond donors (Lipinski definition) is 0. The third kappa shape index (κ3) is 2.67. The summed E-state index contributed by atoms with van der Waals surface area (Å²) in [5.41, 5.74) is 2.32. The number of rotatable bonds is 4. The van der Waals surface area contributed by atoms with Gasteiger partial charge in [0.1, 0.15) is 17.1 Å². The first-order chi connectivity index (χ1) is 12.3. The van der Waals surface area contributed by atoms with Crippen LogP contribution in [0, 0.1) is 0 Å². The van der Waals surface area contributed by atoms with Crippen LogP contribution >= 0.6 is 0 Å². The number of nitrogens with zero attached hydrogens (tertiary/aromatic N) is 3. The lowest BCUT2D eigenvalue weighted by Gasteiger charge is -2.09. The van der Waals surface area contributed by atoms with Gasteiger partial charge in [0.25, 0.3) is 5.89 Å². The first-order valence-corrected chi connectivity index (χ1v) is 7.70. The summed E-state index contributed by atoms with van der Waals surface area (Å²) in [5, 5.41) is 5.10. The van der Waals surface area contributed by atoms with Gasteiger partial charge in [0.2, 0.25) is 5.82 Å². The van der Waals surface area contributed by atoms with E-state index in [0.29, 0.717) is 28.8 Å². The Morgan fingerprint density at radius 2 is 1.68 bits per heavy atom. The molecule has 0 N–H and O–H groups in total. The van der Waals surface area contributed by atoms with Crippen LogP contribution in [0.25, 0.3) is 33.7 Å². The third-order valence-electron chi connectivity index (χ3n) is 3.91.